The molecule has 0 bridgehead atoms. The van der Waals surface area contributed by atoms with Gasteiger partial charge >= 0.3 is 0 Å². The highest BCUT2D eigenvalue weighted by Gasteiger charge is 2.53. The van der Waals surface area contributed by atoms with Gasteiger partial charge in [0.15, 0.2) is 5.82 Å². The summed E-state index contributed by atoms with van der Waals surface area (Å²) in [6.07, 6.45) is 1.85. The number of hydrogen-bond acceptors (Lipinski definition) is 3. The highest BCUT2D eigenvalue weighted by atomic mass is 35.5. The number of benzene rings is 2. The van der Waals surface area contributed by atoms with Gasteiger partial charge in [0, 0.05) is 17.6 Å². The minimum absolute atomic E-state index is 0.0994. The Balaban J connectivity index is 1.48. The number of amides is 2. The van der Waals surface area contributed by atoms with Gasteiger partial charge in [-0.05, 0) is 49.6 Å². The van der Waals surface area contributed by atoms with Crippen molar-refractivity contribution in [2.45, 2.75) is 44.4 Å². The quantitative estimate of drug-likeness (QED) is 0.719. The lowest BCUT2D eigenvalue weighted by Gasteiger charge is -2.43. The van der Waals surface area contributed by atoms with E-state index in [1.807, 2.05) is 47.9 Å². The van der Waals surface area contributed by atoms with Crippen molar-refractivity contribution in [1.82, 2.24) is 19.8 Å². The van der Waals surface area contributed by atoms with Crippen LogP contribution in [0.2, 0.25) is 5.02 Å². The van der Waals surface area contributed by atoms with Gasteiger partial charge in [0.1, 0.15) is 5.54 Å². The Morgan fingerprint density at radius 2 is 1.93 bits per heavy atom. The number of carbonyl (C=O) groups excluding carboxylic acids is 2. The predicted molar refractivity (Wildman–Crippen MR) is 111 cm³/mol. The molecule has 7 heteroatoms. The van der Waals surface area contributed by atoms with Crippen LogP contribution in [0.1, 0.15) is 35.9 Å². The van der Waals surface area contributed by atoms with E-state index >= 15 is 0 Å². The molecule has 2 aliphatic rings. The van der Waals surface area contributed by atoms with E-state index in [4.69, 9.17) is 11.6 Å². The molecule has 29 heavy (non-hydrogen) atoms. The molecule has 1 N–H and O–H groups in total. The Labute approximate surface area is 173 Å². The molecular weight excluding hydrogens is 388 g/mol. The summed E-state index contributed by atoms with van der Waals surface area (Å²) >= 11 is 5.94. The van der Waals surface area contributed by atoms with Crippen molar-refractivity contribution < 1.29 is 9.59 Å². The molecule has 0 spiro atoms. The largest absolute Gasteiger partial charge is 0.350 e. The number of nitrogens with zero attached hydrogens (tertiary/aromatic N) is 3. The van der Waals surface area contributed by atoms with Crippen molar-refractivity contribution in [3.63, 3.8) is 0 Å². The van der Waals surface area contributed by atoms with E-state index in [1.165, 1.54) is 0 Å². The molecule has 2 amide bonds. The Hall–Kier alpha value is -2.86. The lowest BCUT2D eigenvalue weighted by Crippen LogP contribution is -2.64. The highest BCUT2D eigenvalue weighted by molar-refractivity contribution is 6.30. The molecule has 148 valence electrons. The number of imidazole rings is 1. The molecule has 1 atom stereocenters. The maximum absolute atomic E-state index is 13.4. The van der Waals surface area contributed by atoms with Crippen LogP contribution >= 0.6 is 11.6 Å². The van der Waals surface area contributed by atoms with Gasteiger partial charge in [0.25, 0.3) is 5.91 Å². The first-order chi connectivity index (χ1) is 14.0. The third-order valence-electron chi connectivity index (χ3n) is 5.83. The third-order valence-corrected chi connectivity index (χ3v) is 6.08. The number of nitrogens with one attached hydrogen (secondary N) is 1. The average molecular weight is 409 g/mol. The molecule has 3 aromatic rings. The summed E-state index contributed by atoms with van der Waals surface area (Å²) < 4.78 is 1.89. The van der Waals surface area contributed by atoms with Gasteiger partial charge in [0.05, 0.1) is 17.6 Å². The fraction of sp³-hybridized carbons (Fsp3) is 0.318. The maximum atomic E-state index is 13.4. The van der Waals surface area contributed by atoms with E-state index in [0.717, 1.165) is 29.4 Å². The van der Waals surface area contributed by atoms with Crippen LogP contribution < -0.4 is 5.32 Å². The SMILES string of the molecule is CC1(C(=O)NCc2ccc(Cl)cc2)Cn2c(nc3ccccc32)C(=O)N1C1CC1. The highest BCUT2D eigenvalue weighted by Crippen LogP contribution is 2.39. The molecule has 5 rings (SSSR count). The Morgan fingerprint density at radius 3 is 2.66 bits per heavy atom. The first-order valence-electron chi connectivity index (χ1n) is 9.79. The summed E-state index contributed by atoms with van der Waals surface area (Å²) in [4.78, 5) is 33.0. The number of hydrogen-bond donors (Lipinski definition) is 1. The molecule has 1 fully saturated rings. The van der Waals surface area contributed by atoms with E-state index in [1.54, 1.807) is 17.0 Å². The molecule has 1 aromatic heterocycles. The van der Waals surface area contributed by atoms with E-state index in [-0.39, 0.29) is 17.9 Å². The molecule has 6 nitrogen and oxygen atoms in total. The van der Waals surface area contributed by atoms with Crippen LogP contribution in [0.15, 0.2) is 48.5 Å². The zero-order valence-electron chi connectivity index (χ0n) is 16.1. The standard InChI is InChI=1S/C22H21ClN4O2/c1-22(21(29)24-12-14-6-8-15(23)9-7-14)13-26-18-5-3-2-4-17(18)25-19(26)20(28)27(22)16-10-11-16/h2-9,16H,10-13H2,1H3,(H,24,29). The van der Waals surface area contributed by atoms with E-state index in [0.29, 0.717) is 23.9 Å². The number of carbonyl (C=O) groups is 2. The Kier molecular flexibility index (Phi) is 4.13. The number of rotatable bonds is 4. The summed E-state index contributed by atoms with van der Waals surface area (Å²) in [5, 5.41) is 3.68. The molecule has 1 aliphatic carbocycles. The monoisotopic (exact) mass is 408 g/mol. The second-order valence-corrected chi connectivity index (χ2v) is 8.44. The first kappa shape index (κ1) is 18.2. The van der Waals surface area contributed by atoms with Gasteiger partial charge in [-0.15, -0.1) is 0 Å². The van der Waals surface area contributed by atoms with Gasteiger partial charge in [-0.25, -0.2) is 4.98 Å². The van der Waals surface area contributed by atoms with Gasteiger partial charge in [-0.1, -0.05) is 35.9 Å². The second-order valence-electron chi connectivity index (χ2n) is 8.00. The molecule has 0 saturated heterocycles. The predicted octanol–water partition coefficient (Wildman–Crippen LogP) is 3.38. The Bertz CT molecular complexity index is 1120. The summed E-state index contributed by atoms with van der Waals surface area (Å²) in [6.45, 7) is 2.63. The number of para-hydroxylation sites is 2. The smallest absolute Gasteiger partial charge is 0.291 e. The van der Waals surface area contributed by atoms with Crippen LogP contribution in [0.4, 0.5) is 0 Å². The third kappa shape index (κ3) is 2.99. The molecule has 2 aromatic carbocycles. The molecule has 2 heterocycles. The van der Waals surface area contributed by atoms with Crippen molar-refractivity contribution in [2.75, 3.05) is 0 Å². The zero-order chi connectivity index (χ0) is 20.2. The molecular formula is C22H21ClN4O2. The topological polar surface area (TPSA) is 67.2 Å². The molecule has 0 radical (unpaired) electrons. The molecule has 1 saturated carbocycles. The van der Waals surface area contributed by atoms with Crippen LogP contribution in [0.25, 0.3) is 11.0 Å². The van der Waals surface area contributed by atoms with E-state index in [2.05, 4.69) is 10.3 Å². The minimum atomic E-state index is -0.971. The summed E-state index contributed by atoms with van der Waals surface area (Å²) in [6, 6.07) is 15.1. The lowest BCUT2D eigenvalue weighted by molar-refractivity contribution is -0.133. The van der Waals surface area contributed by atoms with Crippen LogP contribution in [-0.2, 0) is 17.9 Å². The fourth-order valence-corrected chi connectivity index (χ4v) is 4.30. The van der Waals surface area contributed by atoms with Crippen LogP contribution in [0.5, 0.6) is 0 Å². The van der Waals surface area contributed by atoms with Crippen molar-refractivity contribution in [3.05, 3.63) is 64.9 Å². The average Bonchev–Trinajstić information content (AvgIpc) is 3.48. The number of aromatic nitrogens is 2. The normalized spacial score (nSPS) is 21.3. The van der Waals surface area contributed by atoms with Crippen molar-refractivity contribution >= 4 is 34.4 Å². The van der Waals surface area contributed by atoms with Gasteiger partial charge < -0.3 is 14.8 Å². The number of halogens is 1. The second kappa shape index (κ2) is 6.59. The van der Waals surface area contributed by atoms with E-state index in [9.17, 15) is 9.59 Å². The van der Waals surface area contributed by atoms with Crippen LogP contribution in [0, 0.1) is 0 Å². The van der Waals surface area contributed by atoms with Gasteiger partial charge in [0.2, 0.25) is 5.91 Å². The van der Waals surface area contributed by atoms with Crippen molar-refractivity contribution in [1.29, 1.82) is 0 Å². The van der Waals surface area contributed by atoms with E-state index < -0.39 is 5.54 Å². The summed E-state index contributed by atoms with van der Waals surface area (Å²) in [5.74, 6) is 0.0938. The minimum Gasteiger partial charge on any atom is -0.350 e. The molecule has 1 aliphatic heterocycles. The molecule has 1 unspecified atom stereocenters. The fourth-order valence-electron chi connectivity index (χ4n) is 4.17. The van der Waals surface area contributed by atoms with Crippen molar-refractivity contribution in [3.8, 4) is 0 Å². The van der Waals surface area contributed by atoms with Crippen LogP contribution in [0.3, 0.4) is 0 Å². The lowest BCUT2D eigenvalue weighted by atomic mass is 9.94. The van der Waals surface area contributed by atoms with Gasteiger partial charge in [-0.3, -0.25) is 9.59 Å². The van der Waals surface area contributed by atoms with Crippen molar-refractivity contribution in [2.24, 2.45) is 0 Å². The zero-order valence-corrected chi connectivity index (χ0v) is 16.8. The first-order valence-corrected chi connectivity index (χ1v) is 10.2. The Morgan fingerprint density at radius 1 is 1.21 bits per heavy atom. The maximum Gasteiger partial charge on any atom is 0.291 e. The summed E-state index contributed by atoms with van der Waals surface area (Å²) in [7, 11) is 0. The summed E-state index contributed by atoms with van der Waals surface area (Å²) in [5.41, 5.74) is 1.64. The number of fused-ring (bicyclic) bond motifs is 3. The van der Waals surface area contributed by atoms with Gasteiger partial charge in [-0.2, -0.15) is 0 Å². The van der Waals surface area contributed by atoms with Crippen LogP contribution in [-0.4, -0.2) is 37.8 Å².